The van der Waals surface area contributed by atoms with Crippen molar-refractivity contribution in [2.45, 2.75) is 26.5 Å². The number of imidazole rings is 1. The van der Waals surface area contributed by atoms with Crippen LogP contribution >= 0.6 is 0 Å². The van der Waals surface area contributed by atoms with Crippen molar-refractivity contribution in [2.24, 2.45) is 4.99 Å². The highest BCUT2D eigenvalue weighted by Gasteiger charge is 2.16. The van der Waals surface area contributed by atoms with E-state index in [9.17, 15) is 8.78 Å². The van der Waals surface area contributed by atoms with Gasteiger partial charge in [-0.05, 0) is 25.1 Å². The van der Waals surface area contributed by atoms with Crippen molar-refractivity contribution >= 4 is 17.0 Å². The van der Waals surface area contributed by atoms with Crippen LogP contribution in [0.25, 0.3) is 11.0 Å². The Morgan fingerprint density at radius 2 is 2.00 bits per heavy atom. The van der Waals surface area contributed by atoms with Crippen molar-refractivity contribution in [2.75, 3.05) is 20.2 Å². The molecule has 0 fully saturated rings. The van der Waals surface area contributed by atoms with Crippen LogP contribution in [-0.2, 0) is 13.0 Å². The maximum absolute atomic E-state index is 12.8. The molecule has 0 saturated carbocycles. The first kappa shape index (κ1) is 21.4. The SMILES string of the molecule is CCOc1cccc(CNC(=NC)NCCc2nc3ccccc3[nH]2)c1OC(F)F. The lowest BCUT2D eigenvalue weighted by Crippen LogP contribution is -2.38. The van der Waals surface area contributed by atoms with Gasteiger partial charge >= 0.3 is 6.61 Å². The molecule has 30 heavy (non-hydrogen) atoms. The van der Waals surface area contributed by atoms with Crippen molar-refractivity contribution < 1.29 is 18.3 Å². The number of benzene rings is 2. The normalized spacial score (nSPS) is 11.7. The molecule has 0 saturated heterocycles. The predicted octanol–water partition coefficient (Wildman–Crippen LogP) is 3.47. The second-order valence-corrected chi connectivity index (χ2v) is 6.36. The highest BCUT2D eigenvalue weighted by atomic mass is 19.3. The van der Waals surface area contributed by atoms with Crippen LogP contribution in [0.3, 0.4) is 0 Å². The summed E-state index contributed by atoms with van der Waals surface area (Å²) >= 11 is 0. The number of fused-ring (bicyclic) bond motifs is 1. The second kappa shape index (κ2) is 10.4. The van der Waals surface area contributed by atoms with Crippen LogP contribution in [0.15, 0.2) is 47.5 Å². The van der Waals surface area contributed by atoms with E-state index in [0.717, 1.165) is 16.9 Å². The van der Waals surface area contributed by atoms with Crippen LogP contribution in [0.5, 0.6) is 11.5 Å². The summed E-state index contributed by atoms with van der Waals surface area (Å²) < 4.78 is 35.8. The highest BCUT2D eigenvalue weighted by Crippen LogP contribution is 2.32. The van der Waals surface area contributed by atoms with E-state index in [4.69, 9.17) is 9.47 Å². The Morgan fingerprint density at radius 1 is 1.17 bits per heavy atom. The lowest BCUT2D eigenvalue weighted by atomic mass is 10.2. The summed E-state index contributed by atoms with van der Waals surface area (Å²) in [6.07, 6.45) is 0.676. The van der Waals surface area contributed by atoms with E-state index in [2.05, 4.69) is 25.6 Å². The topological polar surface area (TPSA) is 83.6 Å². The van der Waals surface area contributed by atoms with E-state index in [1.54, 1.807) is 32.2 Å². The minimum Gasteiger partial charge on any atom is -0.490 e. The number of ether oxygens (including phenoxy) is 2. The molecule has 0 atom stereocenters. The average molecular weight is 417 g/mol. The number of rotatable bonds is 9. The number of halogens is 2. The lowest BCUT2D eigenvalue weighted by molar-refractivity contribution is -0.0520. The third-order valence-corrected chi connectivity index (χ3v) is 4.33. The zero-order valence-electron chi connectivity index (χ0n) is 16.9. The fourth-order valence-corrected chi connectivity index (χ4v) is 3.02. The standard InChI is InChI=1S/C21H25F2N5O2/c1-3-29-17-10-6-7-14(19(17)30-20(22)23)13-26-21(24-2)25-12-11-18-27-15-8-4-5-9-16(15)28-18/h4-10,20H,3,11-13H2,1-2H3,(H,27,28)(H2,24,25,26). The average Bonchev–Trinajstić information content (AvgIpc) is 3.15. The van der Waals surface area contributed by atoms with Gasteiger partial charge in [0.25, 0.3) is 0 Å². The number of nitrogens with zero attached hydrogens (tertiary/aromatic N) is 2. The molecule has 1 heterocycles. The molecule has 3 N–H and O–H groups in total. The van der Waals surface area contributed by atoms with Gasteiger partial charge in [-0.2, -0.15) is 8.78 Å². The fourth-order valence-electron chi connectivity index (χ4n) is 3.02. The molecule has 0 aliphatic rings. The number of aliphatic imine (C=N–C) groups is 1. The molecule has 0 aliphatic carbocycles. The van der Waals surface area contributed by atoms with Crippen LogP contribution in [0, 0.1) is 0 Å². The van der Waals surface area contributed by atoms with Crippen LogP contribution in [0.1, 0.15) is 18.3 Å². The molecule has 0 aliphatic heterocycles. The summed E-state index contributed by atoms with van der Waals surface area (Å²) in [5.74, 6) is 1.72. The predicted molar refractivity (Wildman–Crippen MR) is 112 cm³/mol. The first-order valence-corrected chi connectivity index (χ1v) is 9.68. The Morgan fingerprint density at radius 3 is 2.73 bits per heavy atom. The zero-order chi connectivity index (χ0) is 21.3. The molecule has 0 unspecified atom stereocenters. The summed E-state index contributed by atoms with van der Waals surface area (Å²) in [6.45, 7) is 0.0324. The summed E-state index contributed by atoms with van der Waals surface area (Å²) in [5, 5.41) is 6.30. The number of aromatic amines is 1. The molecule has 0 radical (unpaired) electrons. The van der Waals surface area contributed by atoms with Gasteiger partial charge in [-0.1, -0.05) is 24.3 Å². The van der Waals surface area contributed by atoms with E-state index in [1.165, 1.54) is 0 Å². The monoisotopic (exact) mass is 417 g/mol. The molecule has 2 aromatic carbocycles. The van der Waals surface area contributed by atoms with Crippen molar-refractivity contribution in [1.29, 1.82) is 0 Å². The Balaban J connectivity index is 1.57. The molecule has 0 amide bonds. The van der Waals surface area contributed by atoms with Crippen LogP contribution in [0.2, 0.25) is 0 Å². The molecule has 0 bridgehead atoms. The quantitative estimate of drug-likeness (QED) is 0.367. The largest absolute Gasteiger partial charge is 0.490 e. The Kier molecular flexibility index (Phi) is 7.42. The highest BCUT2D eigenvalue weighted by molar-refractivity contribution is 5.79. The number of alkyl halides is 2. The third kappa shape index (κ3) is 5.59. The lowest BCUT2D eigenvalue weighted by Gasteiger charge is -2.17. The summed E-state index contributed by atoms with van der Waals surface area (Å²) in [5.41, 5.74) is 2.47. The number of hydrogen-bond donors (Lipinski definition) is 3. The molecule has 7 nitrogen and oxygen atoms in total. The van der Waals surface area contributed by atoms with Crippen LogP contribution in [-0.4, -0.2) is 42.7 Å². The first-order valence-electron chi connectivity index (χ1n) is 9.68. The number of guanidine groups is 1. The smallest absolute Gasteiger partial charge is 0.387 e. The number of hydrogen-bond acceptors (Lipinski definition) is 4. The fraction of sp³-hybridized carbons (Fsp3) is 0.333. The molecule has 3 aromatic rings. The van der Waals surface area contributed by atoms with Gasteiger partial charge in [0.05, 0.1) is 17.6 Å². The molecule has 160 valence electrons. The van der Waals surface area contributed by atoms with E-state index in [0.29, 0.717) is 31.1 Å². The van der Waals surface area contributed by atoms with Gasteiger partial charge in [0.15, 0.2) is 17.5 Å². The number of H-pyrrole nitrogens is 1. The second-order valence-electron chi connectivity index (χ2n) is 6.36. The van der Waals surface area contributed by atoms with E-state index < -0.39 is 6.61 Å². The molecular weight excluding hydrogens is 392 g/mol. The Bertz CT molecular complexity index is 957. The van der Waals surface area contributed by atoms with Crippen molar-refractivity contribution in [3.8, 4) is 11.5 Å². The maximum Gasteiger partial charge on any atom is 0.387 e. The van der Waals surface area contributed by atoms with Crippen LogP contribution in [0.4, 0.5) is 8.78 Å². The van der Waals surface area contributed by atoms with Gasteiger partial charge in [-0.3, -0.25) is 4.99 Å². The summed E-state index contributed by atoms with van der Waals surface area (Å²) in [4.78, 5) is 12.0. The van der Waals surface area contributed by atoms with Crippen molar-refractivity contribution in [3.63, 3.8) is 0 Å². The Labute approximate surface area is 173 Å². The number of nitrogens with one attached hydrogen (secondary N) is 3. The van der Waals surface area contributed by atoms with Gasteiger partial charge in [-0.25, -0.2) is 4.98 Å². The maximum atomic E-state index is 12.8. The van der Waals surface area contributed by atoms with Crippen LogP contribution < -0.4 is 20.1 Å². The Hall–Kier alpha value is -3.36. The molecule has 3 rings (SSSR count). The van der Waals surface area contributed by atoms with E-state index in [1.807, 2.05) is 24.3 Å². The number of para-hydroxylation sites is 3. The summed E-state index contributed by atoms with van der Waals surface area (Å²) in [6, 6.07) is 12.9. The molecule has 1 aromatic heterocycles. The van der Waals surface area contributed by atoms with Gasteiger partial charge in [0, 0.05) is 32.1 Å². The molecular formula is C21H25F2N5O2. The number of aromatic nitrogens is 2. The van der Waals surface area contributed by atoms with Gasteiger partial charge in [0.1, 0.15) is 5.82 Å². The van der Waals surface area contributed by atoms with Crippen molar-refractivity contribution in [3.05, 3.63) is 53.9 Å². The van der Waals surface area contributed by atoms with E-state index in [-0.39, 0.29) is 18.0 Å². The minimum absolute atomic E-state index is 0.0274. The van der Waals surface area contributed by atoms with Gasteiger partial charge in [0.2, 0.25) is 0 Å². The van der Waals surface area contributed by atoms with Gasteiger partial charge < -0.3 is 25.1 Å². The third-order valence-electron chi connectivity index (χ3n) is 4.33. The molecule has 0 spiro atoms. The van der Waals surface area contributed by atoms with Gasteiger partial charge in [-0.15, -0.1) is 0 Å². The summed E-state index contributed by atoms with van der Waals surface area (Å²) in [7, 11) is 1.64. The first-order chi connectivity index (χ1) is 14.6. The van der Waals surface area contributed by atoms with E-state index >= 15 is 0 Å². The molecule has 9 heteroatoms. The zero-order valence-corrected chi connectivity index (χ0v) is 16.9. The van der Waals surface area contributed by atoms with Crippen molar-refractivity contribution in [1.82, 2.24) is 20.6 Å². The minimum atomic E-state index is -2.94.